The van der Waals surface area contributed by atoms with E-state index in [2.05, 4.69) is 86.6 Å². The maximum Gasteiger partial charge on any atom is 0.246 e. The highest BCUT2D eigenvalue weighted by Gasteiger charge is 2.47. The Hall–Kier alpha value is -12.7. The number of likely N-dealkylation sites (N-methyl/N-ethyl adjacent to an activating group) is 3. The van der Waals surface area contributed by atoms with Crippen molar-refractivity contribution in [2.45, 2.75) is 234 Å². The van der Waals surface area contributed by atoms with Crippen molar-refractivity contribution in [1.29, 1.82) is 5.41 Å². The van der Waals surface area contributed by atoms with Crippen LogP contribution in [0.4, 0.5) is 0 Å². The number of para-hydroxylation sites is 1. The molecule has 40 nitrogen and oxygen atoms in total. The summed E-state index contributed by atoms with van der Waals surface area (Å²) in [5.41, 5.74) is 20.2. The van der Waals surface area contributed by atoms with Crippen LogP contribution in [0.1, 0.15) is 140 Å². The Kier molecular flexibility index (Phi) is 40.4. The summed E-state index contributed by atoms with van der Waals surface area (Å²) in [6, 6.07) is 0.800. The van der Waals surface area contributed by atoms with Crippen molar-refractivity contribution in [3.63, 3.8) is 0 Å². The minimum atomic E-state index is -1.87. The summed E-state index contributed by atoms with van der Waals surface area (Å²) in [6.07, 6.45) is 3.66. The fourth-order valence-electron chi connectivity index (χ4n) is 16.8. The highest BCUT2D eigenvalue weighted by atomic mass is 35.5. The molecule has 3 aliphatic rings. The van der Waals surface area contributed by atoms with Gasteiger partial charge in [-0.1, -0.05) is 127 Å². The molecule has 0 bridgehead atoms. The van der Waals surface area contributed by atoms with Crippen molar-refractivity contribution < 1.29 is 82.1 Å². The van der Waals surface area contributed by atoms with E-state index in [0.29, 0.717) is 70.4 Å². The van der Waals surface area contributed by atoms with Gasteiger partial charge in [0.05, 0.1) is 37.4 Å². The van der Waals surface area contributed by atoms with Crippen molar-refractivity contribution in [2.75, 3.05) is 65.4 Å². The Morgan fingerprint density at radius 3 is 1.86 bits per heavy atom. The third-order valence-corrected chi connectivity index (χ3v) is 26.7. The average Bonchev–Trinajstić information content (AvgIpc) is 1.73. The van der Waals surface area contributed by atoms with Crippen LogP contribution in [0.15, 0.2) is 121 Å². The molecule has 9 rings (SSSR count). The van der Waals surface area contributed by atoms with Crippen LogP contribution in [0.3, 0.4) is 0 Å². The second-order valence-corrected chi connectivity index (χ2v) is 37.6. The van der Waals surface area contributed by atoms with Crippen molar-refractivity contribution in [1.82, 2.24) is 97.9 Å². The zero-order chi connectivity index (χ0) is 99.3. The van der Waals surface area contributed by atoms with Gasteiger partial charge in [-0.25, -0.2) is 4.98 Å². The number of aliphatic hydroxyl groups excluding tert-OH is 2. The number of rotatable bonds is 26. The standard InChI is InChI=1S/C93H130ClN23O17S2/c1-11-13-25-73-85(127)106-64(24-19-33-100-93(97)98)81(123)112-72(80(122)102-44-78(96)120)48-135-49-79(121)105-69(37-55-29-31-58(94)32-30-55)88(130)113(8)54(7)53(6)104-68(36-52(5)95)90(132)116-34-20-27-74(116)86(128)108-66(40-59-43-99-50-103-59)83(125)109-67(35-51(3)4)91(133)117-45-60(119)41-76(117)87(129)107-65(38-56-42-101-63-23-17-15-21-61(56)63)82(124)111-71(46-118)84(126)110-70(39-57-47-136-77-28-18-16-22-62(57)77)89(131)115(10)75(26-14-12-2)92(134)114(73)9/h15-18,21-23,28-32,42-43,47,50-51,54,60,64-76,101,104,118-119H,5-6,11-14,19-20,24-27,33-41,44-46,48-49,95H2,1-4,7-10H3,(H2,96,120)(H,99,103)(H,102,122)(H,105,121)(H,106,127)(H,107,129)(H,108,128)(H,109,125)(H,110,126)(H,111,124)(H,112,123)(H4,97,98,100)/t54-,60+,64-,65-,66-,67-,68-,69-,70-,71-,72-,73-,74-,75-,76-/m0/s1. The number of thioether (sulfide) groups is 1. The molecule has 15 amide bonds. The van der Waals surface area contributed by atoms with Crippen LogP contribution in [-0.2, 0) is 97.6 Å². The number of hydrogen-bond acceptors (Lipinski definition) is 23. The number of fused-ring (bicyclic) bond motifs is 4. The van der Waals surface area contributed by atoms with Crippen molar-refractivity contribution in [2.24, 2.45) is 23.1 Å². The van der Waals surface area contributed by atoms with E-state index in [4.69, 9.17) is 34.2 Å². The zero-order valence-electron chi connectivity index (χ0n) is 78.0. The molecular weight excluding hydrogens is 1810 g/mol. The van der Waals surface area contributed by atoms with Crippen LogP contribution in [-0.4, -0.2) is 300 Å². The Bertz CT molecular complexity index is 5250. The molecule has 0 radical (unpaired) electrons. The number of H-pyrrole nitrogens is 2. The molecule has 15 atom stereocenters. The summed E-state index contributed by atoms with van der Waals surface area (Å²) < 4.78 is 0.823. The van der Waals surface area contributed by atoms with Gasteiger partial charge in [-0.15, -0.1) is 23.1 Å². The van der Waals surface area contributed by atoms with E-state index in [1.807, 2.05) is 32.0 Å². The number of carbonyl (C=O) groups excluding carboxylic acids is 15. The quantitative estimate of drug-likeness (QED) is 0.0202. The van der Waals surface area contributed by atoms with Gasteiger partial charge in [0.1, 0.15) is 78.5 Å². The monoisotopic (exact) mass is 1940 g/mol. The minimum Gasteiger partial charge on any atom is -0.402 e. The van der Waals surface area contributed by atoms with Crippen LogP contribution in [0.25, 0.3) is 21.0 Å². The molecule has 6 heterocycles. The topological polar surface area (TPSA) is 591 Å². The lowest BCUT2D eigenvalue weighted by Crippen LogP contribution is -2.61. The number of thiophene rings is 1. The molecule has 136 heavy (non-hydrogen) atoms. The number of unbranched alkanes of at least 4 members (excludes halogenated alkanes) is 2. The molecule has 0 aliphatic carbocycles. The molecule has 0 spiro atoms. The SMILES string of the molecule is C=C(N)C[C@@H]1NC(=C)[C@H](C)N(C)C(=O)[C@H](Cc2ccc(Cl)cc2)NC(=O)CSC[C@@H](C(=O)NCC(N)=O)NC(=O)[C@H](CCCNC(=N)N)NC(=O)[C@H](CCCC)N(C)C(=O)[C@H](CCCC)N(C)C(=O)[C@H](Cc2csc3ccccc23)NC(=O)[C@H](CO)NC(=O)[C@H](Cc2c[nH]c3ccccc23)NC(=O)[C@@H]2C[C@@H](O)CN2C(=O)[C@H](CC(C)C)NC(=O)[C@H](Cc2cnc[nH]2)NC(=O)[C@@H]2CCCN2C1=O. The number of nitrogens with two attached hydrogens (primary N) is 3. The van der Waals surface area contributed by atoms with Gasteiger partial charge >= 0.3 is 0 Å². The Balaban J connectivity index is 1.10. The van der Waals surface area contributed by atoms with E-state index in [0.717, 1.165) is 26.7 Å². The highest BCUT2D eigenvalue weighted by Crippen LogP contribution is 2.30. The lowest BCUT2D eigenvalue weighted by Gasteiger charge is -2.36. The number of primary amides is 1. The minimum absolute atomic E-state index is 0.00584. The number of carbonyl (C=O) groups is 15. The van der Waals surface area contributed by atoms with Gasteiger partial charge in [0.15, 0.2) is 5.96 Å². The number of nitrogens with zero attached hydrogens (tertiary/aromatic N) is 6. The summed E-state index contributed by atoms with van der Waals surface area (Å²) >= 11 is 8.50. The van der Waals surface area contributed by atoms with Gasteiger partial charge in [-0.2, -0.15) is 0 Å². The molecule has 738 valence electrons. The molecule has 0 saturated carbocycles. The molecular formula is C93H130ClN23O17S2. The largest absolute Gasteiger partial charge is 0.402 e. The first-order valence-corrected chi connectivity index (χ1v) is 48.1. The molecule has 3 aromatic heterocycles. The van der Waals surface area contributed by atoms with E-state index < -0.39 is 211 Å². The lowest BCUT2D eigenvalue weighted by molar-refractivity contribution is -0.149. The van der Waals surface area contributed by atoms with Crippen LogP contribution in [0.5, 0.6) is 0 Å². The van der Waals surface area contributed by atoms with Gasteiger partial charge in [0.2, 0.25) is 88.6 Å². The first kappa shape index (κ1) is 107. The Morgan fingerprint density at radius 2 is 1.21 bits per heavy atom. The zero-order valence-corrected chi connectivity index (χ0v) is 80.4. The number of hydrogen-bond donors (Lipinski definition) is 19. The molecule has 3 saturated heterocycles. The average molecular weight is 1940 g/mol. The summed E-state index contributed by atoms with van der Waals surface area (Å²) in [7, 11) is 4.18. The van der Waals surface area contributed by atoms with Crippen LogP contribution >= 0.6 is 34.7 Å². The number of guanidine groups is 1. The second-order valence-electron chi connectivity index (χ2n) is 35.2. The predicted octanol–water partition coefficient (Wildman–Crippen LogP) is 0.727. The predicted molar refractivity (Wildman–Crippen MR) is 515 cm³/mol. The summed E-state index contributed by atoms with van der Waals surface area (Å²) in [5, 5.41) is 64.4. The Labute approximate surface area is 803 Å². The normalized spacial score (nSPS) is 24.7. The number of nitrogens with one attached hydrogen (secondary N) is 14. The number of halogens is 1. The van der Waals surface area contributed by atoms with Crippen LogP contribution in [0, 0.1) is 11.3 Å². The third-order valence-electron chi connectivity index (χ3n) is 24.4. The number of benzene rings is 3. The highest BCUT2D eigenvalue weighted by molar-refractivity contribution is 8.00. The molecule has 0 unspecified atom stereocenters. The van der Waals surface area contributed by atoms with Gasteiger partial charge in [-0.05, 0) is 110 Å². The van der Waals surface area contributed by atoms with Crippen LogP contribution < -0.4 is 75.7 Å². The van der Waals surface area contributed by atoms with Crippen molar-refractivity contribution >= 4 is 150 Å². The van der Waals surface area contributed by atoms with Crippen molar-refractivity contribution in [3.05, 3.63) is 149 Å². The van der Waals surface area contributed by atoms with Crippen LogP contribution in [0.2, 0.25) is 5.02 Å². The summed E-state index contributed by atoms with van der Waals surface area (Å²) in [4.78, 5) is 241. The van der Waals surface area contributed by atoms with Gasteiger partial charge in [-0.3, -0.25) is 77.3 Å². The van der Waals surface area contributed by atoms with Gasteiger partial charge in [0.25, 0.3) is 0 Å². The smallest absolute Gasteiger partial charge is 0.246 e. The molecule has 3 aromatic carbocycles. The second kappa shape index (κ2) is 51.3. The molecule has 22 N–H and O–H groups in total. The summed E-state index contributed by atoms with van der Waals surface area (Å²) in [6.45, 7) is 14.8. The van der Waals surface area contributed by atoms with E-state index in [1.165, 1.54) is 64.6 Å². The maximum absolute atomic E-state index is 15.8. The Morgan fingerprint density at radius 1 is 0.618 bits per heavy atom. The fraction of sp³-hybridized carbons (Fsp3) is 0.516. The number of amides is 15. The number of aliphatic hydroxyl groups is 2. The lowest BCUT2D eigenvalue weighted by atomic mass is 10.00. The third kappa shape index (κ3) is 29.9. The molecule has 43 heteroatoms. The summed E-state index contributed by atoms with van der Waals surface area (Å²) in [5.74, 6) is -14.3. The van der Waals surface area contributed by atoms with E-state index in [1.54, 1.807) is 86.9 Å². The number of imidazole rings is 1. The first-order valence-electron chi connectivity index (χ1n) is 45.7. The molecule has 6 aromatic rings. The van der Waals surface area contributed by atoms with E-state index in [-0.39, 0.29) is 113 Å². The number of aromatic nitrogens is 3. The van der Waals surface area contributed by atoms with Crippen molar-refractivity contribution in [3.8, 4) is 0 Å². The van der Waals surface area contributed by atoms with Gasteiger partial charge in [0, 0.05) is 135 Å². The molecule has 3 aliphatic heterocycles. The maximum atomic E-state index is 15.8. The fourth-order valence-corrected chi connectivity index (χ4v) is 18.8. The molecule has 3 fully saturated rings. The number of aromatic amines is 2. The van der Waals surface area contributed by atoms with Gasteiger partial charge < -0.3 is 120 Å². The first-order chi connectivity index (χ1) is 64.8. The van der Waals surface area contributed by atoms with E-state index in [9.17, 15) is 24.6 Å². The van der Waals surface area contributed by atoms with E-state index >= 15 is 57.5 Å².